The standard InChI is InChI=1S/C10H13NO3S/c1-3-11(15(13,14)4-2)9-5-7-10(12)8-6-9/h4-8,12H,2-3H2,1H3. The van der Waals surface area contributed by atoms with Crippen molar-refractivity contribution in [1.82, 2.24) is 0 Å². The SMILES string of the molecule is C=CS(=O)(=O)N(CC)c1ccc(O)cc1. The average molecular weight is 227 g/mol. The highest BCUT2D eigenvalue weighted by molar-refractivity contribution is 7.95. The van der Waals surface area contributed by atoms with Gasteiger partial charge in [-0.15, -0.1) is 0 Å². The molecular formula is C10H13NO3S. The van der Waals surface area contributed by atoms with Crippen LogP contribution in [0, 0.1) is 0 Å². The summed E-state index contributed by atoms with van der Waals surface area (Å²) in [5, 5.41) is 9.99. The van der Waals surface area contributed by atoms with Crippen LogP contribution in [0.3, 0.4) is 0 Å². The van der Waals surface area contributed by atoms with Gasteiger partial charge in [0, 0.05) is 12.0 Å². The number of sulfonamides is 1. The third kappa shape index (κ3) is 2.50. The fourth-order valence-corrected chi connectivity index (χ4v) is 2.17. The molecule has 4 nitrogen and oxygen atoms in total. The first-order valence-corrected chi connectivity index (χ1v) is 5.95. The predicted molar refractivity (Wildman–Crippen MR) is 60.2 cm³/mol. The zero-order valence-corrected chi connectivity index (χ0v) is 9.24. The smallest absolute Gasteiger partial charge is 0.256 e. The molecule has 1 rings (SSSR count). The van der Waals surface area contributed by atoms with E-state index in [0.29, 0.717) is 12.2 Å². The summed E-state index contributed by atoms with van der Waals surface area (Å²) in [6, 6.07) is 5.97. The van der Waals surface area contributed by atoms with Crippen molar-refractivity contribution < 1.29 is 13.5 Å². The molecule has 1 aromatic rings. The highest BCUT2D eigenvalue weighted by Gasteiger charge is 2.16. The van der Waals surface area contributed by atoms with Gasteiger partial charge in [0.05, 0.1) is 5.69 Å². The number of hydrogen-bond donors (Lipinski definition) is 1. The number of nitrogens with zero attached hydrogens (tertiary/aromatic N) is 1. The quantitative estimate of drug-likeness (QED) is 0.851. The molecule has 0 saturated carbocycles. The largest absolute Gasteiger partial charge is 0.508 e. The van der Waals surface area contributed by atoms with Gasteiger partial charge < -0.3 is 5.11 Å². The Labute approximate surface area is 89.5 Å². The molecule has 0 aliphatic rings. The van der Waals surface area contributed by atoms with E-state index in [4.69, 9.17) is 5.11 Å². The van der Waals surface area contributed by atoms with Crippen LogP contribution in [0.15, 0.2) is 36.3 Å². The topological polar surface area (TPSA) is 57.6 Å². The summed E-state index contributed by atoms with van der Waals surface area (Å²) in [5.74, 6) is 0.103. The van der Waals surface area contributed by atoms with Crippen molar-refractivity contribution >= 4 is 15.7 Å². The lowest BCUT2D eigenvalue weighted by atomic mass is 10.3. The Hall–Kier alpha value is -1.49. The van der Waals surface area contributed by atoms with Crippen molar-refractivity contribution in [2.45, 2.75) is 6.92 Å². The van der Waals surface area contributed by atoms with Gasteiger partial charge in [-0.05, 0) is 31.2 Å². The van der Waals surface area contributed by atoms with E-state index in [1.54, 1.807) is 19.1 Å². The van der Waals surface area contributed by atoms with Crippen molar-refractivity contribution in [3.05, 3.63) is 36.3 Å². The van der Waals surface area contributed by atoms with Crippen molar-refractivity contribution in [2.75, 3.05) is 10.8 Å². The van der Waals surface area contributed by atoms with E-state index in [9.17, 15) is 8.42 Å². The second-order valence-corrected chi connectivity index (χ2v) is 4.70. The lowest BCUT2D eigenvalue weighted by Gasteiger charge is -2.20. The maximum absolute atomic E-state index is 11.6. The third-order valence-corrected chi connectivity index (χ3v) is 3.45. The van der Waals surface area contributed by atoms with Crippen molar-refractivity contribution in [2.24, 2.45) is 0 Å². The zero-order chi connectivity index (χ0) is 11.5. The molecule has 15 heavy (non-hydrogen) atoms. The zero-order valence-electron chi connectivity index (χ0n) is 8.42. The second-order valence-electron chi connectivity index (χ2n) is 2.89. The molecule has 0 aliphatic carbocycles. The van der Waals surface area contributed by atoms with Crippen LogP contribution in [0.25, 0.3) is 0 Å². The average Bonchev–Trinajstić information content (AvgIpc) is 2.22. The molecule has 0 unspecified atom stereocenters. The molecule has 82 valence electrons. The molecule has 5 heteroatoms. The maximum Gasteiger partial charge on any atom is 0.256 e. The van der Waals surface area contributed by atoms with E-state index >= 15 is 0 Å². The molecule has 1 N–H and O–H groups in total. The Bertz CT molecular complexity index is 436. The van der Waals surface area contributed by atoms with Crippen molar-refractivity contribution in [3.8, 4) is 5.75 Å². The monoisotopic (exact) mass is 227 g/mol. The molecule has 0 heterocycles. The number of phenols is 1. The minimum atomic E-state index is -3.46. The van der Waals surface area contributed by atoms with Gasteiger partial charge in [0.2, 0.25) is 0 Å². The van der Waals surface area contributed by atoms with Crippen LogP contribution < -0.4 is 4.31 Å². The third-order valence-electron chi connectivity index (χ3n) is 1.94. The number of anilines is 1. The molecule has 0 amide bonds. The van der Waals surface area contributed by atoms with Crippen LogP contribution in [0.2, 0.25) is 0 Å². The number of aromatic hydroxyl groups is 1. The molecule has 0 bridgehead atoms. The Balaban J connectivity index is 3.14. The molecule has 0 fully saturated rings. The Kier molecular flexibility index (Phi) is 3.36. The van der Waals surface area contributed by atoms with Gasteiger partial charge in [-0.1, -0.05) is 6.58 Å². The second kappa shape index (κ2) is 4.35. The van der Waals surface area contributed by atoms with Crippen molar-refractivity contribution in [3.63, 3.8) is 0 Å². The highest BCUT2D eigenvalue weighted by Crippen LogP contribution is 2.21. The molecule has 1 aromatic carbocycles. The Morgan fingerprint density at radius 2 is 1.93 bits per heavy atom. The number of phenolic OH excluding ortho intramolecular Hbond substituents is 1. The van der Waals surface area contributed by atoms with Crippen LogP contribution >= 0.6 is 0 Å². The van der Waals surface area contributed by atoms with Crippen molar-refractivity contribution in [1.29, 1.82) is 0 Å². The minimum absolute atomic E-state index is 0.103. The Morgan fingerprint density at radius 3 is 2.33 bits per heavy atom. The molecule has 0 saturated heterocycles. The normalized spacial score (nSPS) is 11.0. The van der Waals surface area contributed by atoms with Crippen LogP contribution in [0.5, 0.6) is 5.75 Å². The molecule has 0 radical (unpaired) electrons. The highest BCUT2D eigenvalue weighted by atomic mass is 32.2. The minimum Gasteiger partial charge on any atom is -0.508 e. The lowest BCUT2D eigenvalue weighted by molar-refractivity contribution is 0.475. The first-order valence-electron chi connectivity index (χ1n) is 4.45. The van der Waals surface area contributed by atoms with Gasteiger partial charge in [-0.25, -0.2) is 8.42 Å². The van der Waals surface area contributed by atoms with Gasteiger partial charge in [-0.2, -0.15) is 0 Å². The fourth-order valence-electron chi connectivity index (χ4n) is 1.22. The van der Waals surface area contributed by atoms with Crippen LogP contribution in [-0.2, 0) is 10.0 Å². The molecular weight excluding hydrogens is 214 g/mol. The summed E-state index contributed by atoms with van der Waals surface area (Å²) >= 11 is 0. The van der Waals surface area contributed by atoms with Crippen LogP contribution in [0.1, 0.15) is 6.92 Å². The van der Waals surface area contributed by atoms with E-state index in [-0.39, 0.29) is 5.75 Å². The Morgan fingerprint density at radius 1 is 1.40 bits per heavy atom. The lowest BCUT2D eigenvalue weighted by Crippen LogP contribution is -2.28. The molecule has 0 aromatic heterocycles. The number of rotatable bonds is 4. The summed E-state index contributed by atoms with van der Waals surface area (Å²) in [5.41, 5.74) is 0.509. The summed E-state index contributed by atoms with van der Waals surface area (Å²) in [6.45, 7) is 5.31. The van der Waals surface area contributed by atoms with Gasteiger partial charge in [0.1, 0.15) is 5.75 Å². The van der Waals surface area contributed by atoms with Gasteiger partial charge in [0.15, 0.2) is 0 Å². The first kappa shape index (κ1) is 11.6. The first-order chi connectivity index (χ1) is 7.01. The fraction of sp³-hybridized carbons (Fsp3) is 0.200. The molecule has 0 aliphatic heterocycles. The van der Waals surface area contributed by atoms with E-state index in [1.807, 2.05) is 0 Å². The van der Waals surface area contributed by atoms with Crippen LogP contribution in [0.4, 0.5) is 5.69 Å². The van der Waals surface area contributed by atoms with E-state index in [2.05, 4.69) is 6.58 Å². The van der Waals surface area contributed by atoms with E-state index < -0.39 is 10.0 Å². The summed E-state index contributed by atoms with van der Waals surface area (Å²) < 4.78 is 24.3. The summed E-state index contributed by atoms with van der Waals surface area (Å²) in [4.78, 5) is 0. The van der Waals surface area contributed by atoms with Gasteiger partial charge >= 0.3 is 0 Å². The van der Waals surface area contributed by atoms with Crippen LogP contribution in [-0.4, -0.2) is 20.1 Å². The predicted octanol–water partition coefficient (Wildman–Crippen LogP) is 1.69. The summed E-state index contributed by atoms with van der Waals surface area (Å²) in [7, 11) is -3.46. The summed E-state index contributed by atoms with van der Waals surface area (Å²) in [6.07, 6.45) is 0. The number of hydrogen-bond acceptors (Lipinski definition) is 3. The molecule has 0 spiro atoms. The van der Waals surface area contributed by atoms with Gasteiger partial charge in [0.25, 0.3) is 10.0 Å². The van der Waals surface area contributed by atoms with E-state index in [1.165, 1.54) is 16.4 Å². The molecule has 0 atom stereocenters. The van der Waals surface area contributed by atoms with Gasteiger partial charge in [-0.3, -0.25) is 4.31 Å². The maximum atomic E-state index is 11.6. The number of benzene rings is 1. The van der Waals surface area contributed by atoms with E-state index in [0.717, 1.165) is 5.41 Å².